The van der Waals surface area contributed by atoms with Crippen molar-refractivity contribution in [2.45, 2.75) is 32.9 Å². The topological polar surface area (TPSA) is 41.3 Å². The first-order valence-electron chi connectivity index (χ1n) is 5.54. The molecule has 0 fully saturated rings. The normalized spacial score (nSPS) is 11.5. The lowest BCUT2D eigenvalue weighted by Gasteiger charge is -2.26. The fraction of sp³-hybridized carbons (Fsp3) is 0.727. The average molecular weight is 211 g/mol. The van der Waals surface area contributed by atoms with Crippen LogP contribution in [0, 0.1) is 0 Å². The Morgan fingerprint density at radius 3 is 2.73 bits per heavy atom. The lowest BCUT2D eigenvalue weighted by Crippen LogP contribution is -2.34. The Labute approximate surface area is 91.5 Å². The standard InChI is InChI=1S/C11H21N3O/c1-11(2)14(5-3-9-15)8-7-13-6-4-12-10-13/h4,6,10-11,15H,3,5,7-9H2,1-2H3. The van der Waals surface area contributed by atoms with Crippen molar-refractivity contribution in [3.8, 4) is 0 Å². The van der Waals surface area contributed by atoms with E-state index in [1.54, 1.807) is 6.20 Å². The van der Waals surface area contributed by atoms with Crippen LogP contribution in [0.2, 0.25) is 0 Å². The van der Waals surface area contributed by atoms with Crippen molar-refractivity contribution in [2.24, 2.45) is 0 Å². The van der Waals surface area contributed by atoms with E-state index in [2.05, 4.69) is 28.3 Å². The summed E-state index contributed by atoms with van der Waals surface area (Å²) in [6, 6.07) is 0.528. The highest BCUT2D eigenvalue weighted by molar-refractivity contribution is 4.75. The number of hydrogen-bond acceptors (Lipinski definition) is 3. The Kier molecular flexibility index (Phi) is 5.36. The maximum atomic E-state index is 8.81. The van der Waals surface area contributed by atoms with Gasteiger partial charge in [-0.25, -0.2) is 4.98 Å². The van der Waals surface area contributed by atoms with Crippen molar-refractivity contribution in [3.63, 3.8) is 0 Å². The Morgan fingerprint density at radius 1 is 1.40 bits per heavy atom. The third kappa shape index (κ3) is 4.44. The molecular weight excluding hydrogens is 190 g/mol. The molecule has 0 aliphatic rings. The van der Waals surface area contributed by atoms with Crippen molar-refractivity contribution in [1.82, 2.24) is 14.5 Å². The van der Waals surface area contributed by atoms with E-state index in [1.807, 2.05) is 12.5 Å². The monoisotopic (exact) mass is 211 g/mol. The van der Waals surface area contributed by atoms with Crippen LogP contribution in [0.15, 0.2) is 18.7 Å². The zero-order valence-corrected chi connectivity index (χ0v) is 9.63. The summed E-state index contributed by atoms with van der Waals surface area (Å²) in [4.78, 5) is 6.38. The molecule has 0 aromatic carbocycles. The quantitative estimate of drug-likeness (QED) is 0.731. The lowest BCUT2D eigenvalue weighted by atomic mass is 10.3. The van der Waals surface area contributed by atoms with E-state index in [4.69, 9.17) is 5.11 Å². The van der Waals surface area contributed by atoms with E-state index in [-0.39, 0.29) is 6.61 Å². The van der Waals surface area contributed by atoms with Gasteiger partial charge in [0.25, 0.3) is 0 Å². The maximum absolute atomic E-state index is 8.81. The molecule has 0 unspecified atom stereocenters. The van der Waals surface area contributed by atoms with Crippen LogP contribution in [-0.4, -0.2) is 45.3 Å². The van der Waals surface area contributed by atoms with Gasteiger partial charge in [0.1, 0.15) is 0 Å². The number of nitrogens with zero attached hydrogens (tertiary/aromatic N) is 3. The van der Waals surface area contributed by atoms with E-state index in [1.165, 1.54) is 0 Å². The third-order valence-corrected chi connectivity index (χ3v) is 2.54. The molecule has 86 valence electrons. The Bertz CT molecular complexity index is 246. The minimum atomic E-state index is 0.272. The molecule has 4 nitrogen and oxygen atoms in total. The number of rotatable bonds is 7. The summed E-state index contributed by atoms with van der Waals surface area (Å²) in [6.45, 7) is 7.57. The van der Waals surface area contributed by atoms with Crippen LogP contribution in [0.5, 0.6) is 0 Å². The summed E-state index contributed by atoms with van der Waals surface area (Å²) >= 11 is 0. The third-order valence-electron chi connectivity index (χ3n) is 2.54. The van der Waals surface area contributed by atoms with Gasteiger partial charge in [0.2, 0.25) is 0 Å². The number of aromatic nitrogens is 2. The molecule has 0 aliphatic carbocycles. The molecule has 1 N–H and O–H groups in total. The largest absolute Gasteiger partial charge is 0.396 e. The van der Waals surface area contributed by atoms with E-state index in [0.29, 0.717) is 6.04 Å². The SMILES string of the molecule is CC(C)N(CCCO)CCn1ccnc1. The molecule has 1 heterocycles. The summed E-state index contributed by atoms with van der Waals surface area (Å²) in [5, 5.41) is 8.81. The van der Waals surface area contributed by atoms with Gasteiger partial charge in [-0.2, -0.15) is 0 Å². The molecule has 0 atom stereocenters. The first-order valence-corrected chi connectivity index (χ1v) is 5.54. The van der Waals surface area contributed by atoms with Crippen LogP contribution >= 0.6 is 0 Å². The highest BCUT2D eigenvalue weighted by Gasteiger charge is 2.08. The van der Waals surface area contributed by atoms with E-state index < -0.39 is 0 Å². The zero-order valence-electron chi connectivity index (χ0n) is 9.63. The summed E-state index contributed by atoms with van der Waals surface area (Å²) < 4.78 is 2.08. The Hall–Kier alpha value is -0.870. The Morgan fingerprint density at radius 2 is 2.20 bits per heavy atom. The van der Waals surface area contributed by atoms with Gasteiger partial charge in [0, 0.05) is 44.7 Å². The molecule has 1 aromatic heterocycles. The zero-order chi connectivity index (χ0) is 11.1. The second-order valence-electron chi connectivity index (χ2n) is 4.01. The Balaban J connectivity index is 2.31. The van der Waals surface area contributed by atoms with Crippen molar-refractivity contribution >= 4 is 0 Å². The molecule has 4 heteroatoms. The van der Waals surface area contributed by atoms with Gasteiger partial charge >= 0.3 is 0 Å². The van der Waals surface area contributed by atoms with E-state index >= 15 is 0 Å². The van der Waals surface area contributed by atoms with Crippen LogP contribution < -0.4 is 0 Å². The molecule has 0 bridgehead atoms. The van der Waals surface area contributed by atoms with Gasteiger partial charge < -0.3 is 9.67 Å². The lowest BCUT2D eigenvalue weighted by molar-refractivity contribution is 0.186. The molecule has 0 saturated heterocycles. The molecule has 0 aliphatic heterocycles. The molecule has 1 rings (SSSR count). The molecule has 0 spiro atoms. The van der Waals surface area contributed by atoms with Gasteiger partial charge in [-0.15, -0.1) is 0 Å². The van der Waals surface area contributed by atoms with Crippen molar-refractivity contribution < 1.29 is 5.11 Å². The summed E-state index contributed by atoms with van der Waals surface area (Å²) in [7, 11) is 0. The van der Waals surface area contributed by atoms with Gasteiger partial charge in [-0.1, -0.05) is 0 Å². The van der Waals surface area contributed by atoms with Crippen LogP contribution in [-0.2, 0) is 6.54 Å². The fourth-order valence-corrected chi connectivity index (χ4v) is 1.56. The van der Waals surface area contributed by atoms with Gasteiger partial charge in [-0.05, 0) is 20.3 Å². The van der Waals surface area contributed by atoms with Gasteiger partial charge in [0.15, 0.2) is 0 Å². The first-order chi connectivity index (χ1) is 7.24. The maximum Gasteiger partial charge on any atom is 0.0946 e. The average Bonchev–Trinajstić information content (AvgIpc) is 2.70. The van der Waals surface area contributed by atoms with Crippen LogP contribution in [0.3, 0.4) is 0 Å². The second-order valence-corrected chi connectivity index (χ2v) is 4.01. The number of hydrogen-bond donors (Lipinski definition) is 1. The van der Waals surface area contributed by atoms with Crippen LogP contribution in [0.25, 0.3) is 0 Å². The highest BCUT2D eigenvalue weighted by atomic mass is 16.3. The molecule has 0 radical (unpaired) electrons. The van der Waals surface area contributed by atoms with Crippen molar-refractivity contribution in [3.05, 3.63) is 18.7 Å². The van der Waals surface area contributed by atoms with Crippen molar-refractivity contribution in [2.75, 3.05) is 19.7 Å². The smallest absolute Gasteiger partial charge is 0.0946 e. The minimum Gasteiger partial charge on any atom is -0.396 e. The predicted octanol–water partition coefficient (Wildman–Crippen LogP) is 0.976. The molecule has 0 saturated carbocycles. The first kappa shape index (κ1) is 12.2. The summed E-state index contributed by atoms with van der Waals surface area (Å²) in [5.74, 6) is 0. The summed E-state index contributed by atoms with van der Waals surface area (Å²) in [6.07, 6.45) is 6.46. The summed E-state index contributed by atoms with van der Waals surface area (Å²) in [5.41, 5.74) is 0. The number of aliphatic hydroxyl groups excluding tert-OH is 1. The predicted molar refractivity (Wildman–Crippen MR) is 60.6 cm³/mol. The molecular formula is C11H21N3O. The van der Waals surface area contributed by atoms with Crippen LogP contribution in [0.1, 0.15) is 20.3 Å². The molecule has 15 heavy (non-hydrogen) atoms. The minimum absolute atomic E-state index is 0.272. The molecule has 1 aromatic rings. The fourth-order valence-electron chi connectivity index (χ4n) is 1.56. The van der Waals surface area contributed by atoms with Crippen LogP contribution in [0.4, 0.5) is 0 Å². The number of imidazole rings is 1. The van der Waals surface area contributed by atoms with Gasteiger partial charge in [0.05, 0.1) is 6.33 Å². The highest BCUT2D eigenvalue weighted by Crippen LogP contribution is 2.00. The molecule has 0 amide bonds. The van der Waals surface area contributed by atoms with E-state index in [0.717, 1.165) is 26.1 Å². The van der Waals surface area contributed by atoms with E-state index in [9.17, 15) is 0 Å². The second kappa shape index (κ2) is 6.58. The van der Waals surface area contributed by atoms with Gasteiger partial charge in [-0.3, -0.25) is 4.90 Å². The number of aliphatic hydroxyl groups is 1. The van der Waals surface area contributed by atoms with Crippen molar-refractivity contribution in [1.29, 1.82) is 0 Å².